The molecule has 1 amide bonds. The van der Waals surface area contributed by atoms with Crippen LogP contribution in [0, 0.1) is 6.92 Å². The molecule has 0 aromatic heterocycles. The molecule has 0 bridgehead atoms. The van der Waals surface area contributed by atoms with Crippen LogP contribution < -0.4 is 5.43 Å². The zero-order chi connectivity index (χ0) is 16.5. The van der Waals surface area contributed by atoms with Crippen molar-refractivity contribution in [3.05, 3.63) is 63.6 Å². The lowest BCUT2D eigenvalue weighted by Crippen LogP contribution is -2.17. The van der Waals surface area contributed by atoms with E-state index in [9.17, 15) is 9.90 Å². The quantitative estimate of drug-likeness (QED) is 0.633. The third-order valence-corrected chi connectivity index (χ3v) is 3.12. The average molecular weight is 363 g/mol. The van der Waals surface area contributed by atoms with Gasteiger partial charge >= 0.3 is 0 Å². The number of hydrogen-bond acceptors (Lipinski definition) is 3. The third kappa shape index (κ3) is 5.33. The number of benzene rings is 2. The molecule has 4 nitrogen and oxygen atoms in total. The lowest BCUT2D eigenvalue weighted by molar-refractivity contribution is 0.0952. The van der Waals surface area contributed by atoms with Gasteiger partial charge in [-0.1, -0.05) is 59.6 Å². The van der Waals surface area contributed by atoms with E-state index in [1.54, 1.807) is 12.3 Å². The molecule has 0 radical (unpaired) electrons. The molecule has 2 rings (SSSR count). The summed E-state index contributed by atoms with van der Waals surface area (Å²) >= 11 is 3.25. The van der Waals surface area contributed by atoms with E-state index >= 15 is 0 Å². The highest BCUT2D eigenvalue weighted by Crippen LogP contribution is 2.21. The number of phenolic OH excluding ortho intramolecular Hbond substituents is 1. The molecule has 2 aromatic rings. The zero-order valence-electron chi connectivity index (χ0n) is 12.8. The van der Waals surface area contributed by atoms with Crippen molar-refractivity contribution >= 4 is 28.1 Å². The van der Waals surface area contributed by atoms with E-state index in [-0.39, 0.29) is 11.3 Å². The van der Waals surface area contributed by atoms with Crippen LogP contribution in [0.1, 0.15) is 35.3 Å². The van der Waals surface area contributed by atoms with Crippen molar-refractivity contribution in [2.24, 2.45) is 5.10 Å². The second kappa shape index (κ2) is 9.00. The van der Waals surface area contributed by atoms with Crippen LogP contribution in [0.3, 0.4) is 0 Å². The molecule has 0 atom stereocenters. The molecule has 0 aliphatic carbocycles. The average Bonchev–Trinajstić information content (AvgIpc) is 2.51. The number of amides is 1. The van der Waals surface area contributed by atoms with Gasteiger partial charge in [0, 0.05) is 4.47 Å². The summed E-state index contributed by atoms with van der Waals surface area (Å²) in [5.41, 5.74) is 4.56. The minimum absolute atomic E-state index is 0.0866. The second-order valence-electron chi connectivity index (χ2n) is 4.27. The summed E-state index contributed by atoms with van der Waals surface area (Å²) in [6.07, 6.45) is 1.56. The largest absolute Gasteiger partial charge is 0.507 e. The summed E-state index contributed by atoms with van der Waals surface area (Å²) in [6.45, 7) is 5.98. The van der Waals surface area contributed by atoms with Crippen LogP contribution in [0.15, 0.2) is 52.0 Å². The Morgan fingerprint density at radius 2 is 1.95 bits per heavy atom. The van der Waals surface area contributed by atoms with Crippen molar-refractivity contribution in [1.82, 2.24) is 5.43 Å². The number of carbonyl (C=O) groups is 1. The van der Waals surface area contributed by atoms with Gasteiger partial charge in [-0.3, -0.25) is 4.79 Å². The summed E-state index contributed by atoms with van der Waals surface area (Å²) in [5.74, 6) is -0.552. The van der Waals surface area contributed by atoms with Gasteiger partial charge in [-0.2, -0.15) is 5.10 Å². The monoisotopic (exact) mass is 362 g/mol. The molecule has 22 heavy (non-hydrogen) atoms. The normalized spacial score (nSPS) is 10.0. The fourth-order valence-electron chi connectivity index (χ4n) is 1.67. The molecule has 0 heterocycles. The Morgan fingerprint density at radius 1 is 1.23 bits per heavy atom. The van der Waals surface area contributed by atoms with Crippen molar-refractivity contribution in [2.75, 3.05) is 0 Å². The SMILES string of the molecule is CC.Cc1cccc(/C=N/NC(=O)c2cc(Br)ccc2O)c1. The van der Waals surface area contributed by atoms with Gasteiger partial charge in [0.05, 0.1) is 11.8 Å². The predicted molar refractivity (Wildman–Crippen MR) is 93.4 cm³/mol. The van der Waals surface area contributed by atoms with Crippen LogP contribution >= 0.6 is 15.9 Å². The van der Waals surface area contributed by atoms with Gasteiger partial charge in [-0.05, 0) is 30.7 Å². The molecule has 0 fully saturated rings. The molecular weight excluding hydrogens is 344 g/mol. The Balaban J connectivity index is 0.00000116. The molecule has 116 valence electrons. The van der Waals surface area contributed by atoms with Crippen LogP contribution in [-0.4, -0.2) is 17.2 Å². The number of carbonyl (C=O) groups excluding carboxylic acids is 1. The van der Waals surface area contributed by atoms with E-state index in [0.717, 1.165) is 11.1 Å². The highest BCUT2D eigenvalue weighted by atomic mass is 79.9. The number of halogens is 1. The van der Waals surface area contributed by atoms with E-state index in [4.69, 9.17) is 0 Å². The molecule has 2 N–H and O–H groups in total. The standard InChI is InChI=1S/C15H13BrN2O2.C2H6/c1-10-3-2-4-11(7-10)9-17-18-15(20)13-8-12(16)5-6-14(13)19;1-2/h2-9,19H,1H3,(H,18,20);1-2H3/b17-9+;. The second-order valence-corrected chi connectivity index (χ2v) is 5.19. The number of aromatic hydroxyl groups is 1. The van der Waals surface area contributed by atoms with Crippen molar-refractivity contribution in [1.29, 1.82) is 0 Å². The minimum Gasteiger partial charge on any atom is -0.507 e. The van der Waals surface area contributed by atoms with E-state index in [0.29, 0.717) is 4.47 Å². The van der Waals surface area contributed by atoms with Crippen LogP contribution in [0.2, 0.25) is 0 Å². The van der Waals surface area contributed by atoms with Crippen LogP contribution in [0.25, 0.3) is 0 Å². The number of hydrazone groups is 1. The van der Waals surface area contributed by atoms with E-state index < -0.39 is 5.91 Å². The summed E-state index contributed by atoms with van der Waals surface area (Å²) < 4.78 is 0.711. The van der Waals surface area contributed by atoms with E-state index in [2.05, 4.69) is 26.5 Å². The first-order chi connectivity index (χ1) is 10.6. The molecule has 0 saturated carbocycles. The van der Waals surface area contributed by atoms with Gasteiger partial charge in [-0.25, -0.2) is 5.43 Å². The first-order valence-electron chi connectivity index (χ1n) is 6.95. The molecule has 0 unspecified atom stereocenters. The molecule has 0 saturated heterocycles. The van der Waals surface area contributed by atoms with Crippen molar-refractivity contribution in [3.8, 4) is 5.75 Å². The highest BCUT2D eigenvalue weighted by molar-refractivity contribution is 9.10. The van der Waals surface area contributed by atoms with Crippen molar-refractivity contribution in [2.45, 2.75) is 20.8 Å². The smallest absolute Gasteiger partial charge is 0.275 e. The van der Waals surface area contributed by atoms with Crippen LogP contribution in [0.4, 0.5) is 0 Å². The molecular formula is C17H19BrN2O2. The number of rotatable bonds is 3. The van der Waals surface area contributed by atoms with E-state index in [1.165, 1.54) is 12.1 Å². The predicted octanol–water partition coefficient (Wildman–Crippen LogP) is 4.25. The maximum atomic E-state index is 11.9. The first-order valence-corrected chi connectivity index (χ1v) is 7.74. The molecule has 0 aliphatic rings. The van der Waals surface area contributed by atoms with Crippen molar-refractivity contribution < 1.29 is 9.90 Å². The van der Waals surface area contributed by atoms with Crippen molar-refractivity contribution in [3.63, 3.8) is 0 Å². The van der Waals surface area contributed by atoms with Gasteiger partial charge in [0.15, 0.2) is 0 Å². The van der Waals surface area contributed by atoms with Gasteiger partial charge in [0.1, 0.15) is 5.75 Å². The Bertz CT molecular complexity index is 669. The number of aryl methyl sites for hydroxylation is 1. The summed E-state index contributed by atoms with van der Waals surface area (Å²) in [6, 6.07) is 12.4. The van der Waals surface area contributed by atoms with Crippen LogP contribution in [-0.2, 0) is 0 Å². The number of phenols is 1. The first kappa shape index (κ1) is 17.9. The lowest BCUT2D eigenvalue weighted by atomic mass is 10.2. The summed E-state index contributed by atoms with van der Waals surface area (Å²) in [4.78, 5) is 11.9. The van der Waals surface area contributed by atoms with Gasteiger partial charge < -0.3 is 5.11 Å². The van der Waals surface area contributed by atoms with E-state index in [1.807, 2.05) is 45.0 Å². The highest BCUT2D eigenvalue weighted by Gasteiger charge is 2.10. The Morgan fingerprint density at radius 3 is 2.64 bits per heavy atom. The Labute approximate surface area is 139 Å². The summed E-state index contributed by atoms with van der Waals surface area (Å²) in [7, 11) is 0. The molecule has 0 spiro atoms. The fourth-order valence-corrected chi connectivity index (χ4v) is 2.03. The van der Waals surface area contributed by atoms with Gasteiger partial charge in [0.25, 0.3) is 5.91 Å². The Kier molecular flexibility index (Phi) is 7.32. The summed E-state index contributed by atoms with van der Waals surface area (Å²) in [5, 5.41) is 13.5. The molecule has 2 aromatic carbocycles. The van der Waals surface area contributed by atoms with Crippen LogP contribution in [0.5, 0.6) is 5.75 Å². The zero-order valence-corrected chi connectivity index (χ0v) is 14.4. The maximum absolute atomic E-state index is 11.9. The third-order valence-electron chi connectivity index (χ3n) is 2.63. The number of nitrogens with one attached hydrogen (secondary N) is 1. The maximum Gasteiger partial charge on any atom is 0.275 e. The minimum atomic E-state index is -0.465. The number of hydrogen-bond donors (Lipinski definition) is 2. The molecule has 0 aliphatic heterocycles. The topological polar surface area (TPSA) is 61.7 Å². The molecule has 5 heteroatoms. The lowest BCUT2D eigenvalue weighted by Gasteiger charge is -2.03. The van der Waals surface area contributed by atoms with Gasteiger partial charge in [0.2, 0.25) is 0 Å². The van der Waals surface area contributed by atoms with Gasteiger partial charge in [-0.15, -0.1) is 0 Å². The Hall–Kier alpha value is -2.14. The fraction of sp³-hybridized carbons (Fsp3) is 0.176. The number of nitrogens with zero attached hydrogens (tertiary/aromatic N) is 1.